The number of carbonyl (C=O) groups excluding carboxylic acids is 1. The van der Waals surface area contributed by atoms with Gasteiger partial charge in [-0.05, 0) is 19.8 Å². The average Bonchev–Trinajstić information content (AvgIpc) is 2.33. The van der Waals surface area contributed by atoms with Crippen LogP contribution in [0.5, 0.6) is 0 Å². The van der Waals surface area contributed by atoms with Crippen LogP contribution in [-0.4, -0.2) is 65.8 Å². The highest BCUT2D eigenvalue weighted by Gasteiger charge is 2.35. The molecule has 0 aromatic rings. The first-order valence-electron chi connectivity index (χ1n) is 6.97. The number of rotatable bonds is 4. The van der Waals surface area contributed by atoms with Gasteiger partial charge in [0, 0.05) is 38.7 Å². The van der Waals surface area contributed by atoms with Gasteiger partial charge in [0.1, 0.15) is 0 Å². The molecule has 6 nitrogen and oxygen atoms in total. The molecule has 0 bridgehead atoms. The molecule has 2 aliphatic heterocycles. The lowest BCUT2D eigenvalue weighted by Gasteiger charge is -2.43. The van der Waals surface area contributed by atoms with Gasteiger partial charge < -0.3 is 19.6 Å². The van der Waals surface area contributed by atoms with Gasteiger partial charge >= 0.3 is 12.0 Å². The highest BCUT2D eigenvalue weighted by Crippen LogP contribution is 2.22. The standard InChI is InChI=1S/C13H22N2O4/c1-2-19-11-3-5-14(6-4-11)13(18)15-8-10(9-15)7-12(16)17/h10-11H,2-9H2,1H3,(H,16,17). The number of likely N-dealkylation sites (tertiary alicyclic amines) is 2. The second-order valence-electron chi connectivity index (χ2n) is 5.29. The Hall–Kier alpha value is -1.30. The zero-order valence-corrected chi connectivity index (χ0v) is 11.4. The maximum atomic E-state index is 12.1. The van der Waals surface area contributed by atoms with Gasteiger partial charge in [-0.2, -0.15) is 0 Å². The van der Waals surface area contributed by atoms with E-state index >= 15 is 0 Å². The fourth-order valence-electron chi connectivity index (χ4n) is 2.75. The van der Waals surface area contributed by atoms with Crippen molar-refractivity contribution in [3.05, 3.63) is 0 Å². The number of carboxylic acids is 1. The highest BCUT2D eigenvalue weighted by molar-refractivity contribution is 5.76. The third-order valence-corrected chi connectivity index (χ3v) is 3.81. The third kappa shape index (κ3) is 3.59. The summed E-state index contributed by atoms with van der Waals surface area (Å²) in [5, 5.41) is 8.67. The Morgan fingerprint density at radius 1 is 1.21 bits per heavy atom. The summed E-state index contributed by atoms with van der Waals surface area (Å²) in [4.78, 5) is 26.3. The SMILES string of the molecule is CCOC1CCN(C(=O)N2CC(CC(=O)O)C2)CC1. The predicted octanol–water partition coefficient (Wildman–Crippen LogP) is 1.01. The molecule has 0 radical (unpaired) electrons. The molecular weight excluding hydrogens is 248 g/mol. The van der Waals surface area contributed by atoms with Crippen LogP contribution < -0.4 is 0 Å². The number of amides is 2. The quantitative estimate of drug-likeness (QED) is 0.828. The molecule has 0 saturated carbocycles. The number of urea groups is 1. The molecule has 2 rings (SSSR count). The molecule has 108 valence electrons. The predicted molar refractivity (Wildman–Crippen MR) is 68.9 cm³/mol. The van der Waals surface area contributed by atoms with E-state index < -0.39 is 5.97 Å². The minimum Gasteiger partial charge on any atom is -0.481 e. The first-order chi connectivity index (χ1) is 9.10. The number of hydrogen-bond donors (Lipinski definition) is 1. The van der Waals surface area contributed by atoms with Gasteiger partial charge in [0.2, 0.25) is 0 Å². The van der Waals surface area contributed by atoms with E-state index in [-0.39, 0.29) is 24.5 Å². The molecule has 0 unspecified atom stereocenters. The Kier molecular flexibility index (Phi) is 4.63. The maximum Gasteiger partial charge on any atom is 0.320 e. The molecule has 2 aliphatic rings. The van der Waals surface area contributed by atoms with Crippen LogP contribution in [0.25, 0.3) is 0 Å². The summed E-state index contributed by atoms with van der Waals surface area (Å²) in [5.74, 6) is -0.656. The smallest absolute Gasteiger partial charge is 0.320 e. The molecular formula is C13H22N2O4. The summed E-state index contributed by atoms with van der Waals surface area (Å²) in [7, 11) is 0. The van der Waals surface area contributed by atoms with E-state index in [9.17, 15) is 9.59 Å². The Morgan fingerprint density at radius 2 is 1.84 bits per heavy atom. The molecule has 2 fully saturated rings. The van der Waals surface area contributed by atoms with Crippen molar-refractivity contribution in [2.24, 2.45) is 5.92 Å². The summed E-state index contributed by atoms with van der Waals surface area (Å²) in [5.41, 5.74) is 0. The topological polar surface area (TPSA) is 70.1 Å². The second-order valence-corrected chi connectivity index (χ2v) is 5.29. The van der Waals surface area contributed by atoms with Gasteiger partial charge in [0.15, 0.2) is 0 Å². The number of ether oxygens (including phenoxy) is 1. The zero-order valence-electron chi connectivity index (χ0n) is 11.4. The lowest BCUT2D eigenvalue weighted by Crippen LogP contribution is -2.56. The lowest BCUT2D eigenvalue weighted by atomic mass is 9.97. The molecule has 2 amide bonds. The zero-order chi connectivity index (χ0) is 13.8. The van der Waals surface area contributed by atoms with Crippen LogP contribution >= 0.6 is 0 Å². The van der Waals surface area contributed by atoms with Crippen LogP contribution in [0.2, 0.25) is 0 Å². The minimum absolute atomic E-state index is 0.0524. The number of carbonyl (C=O) groups is 2. The van der Waals surface area contributed by atoms with Crippen LogP contribution in [0.1, 0.15) is 26.2 Å². The monoisotopic (exact) mass is 270 g/mol. The van der Waals surface area contributed by atoms with Crippen molar-refractivity contribution in [1.82, 2.24) is 9.80 Å². The van der Waals surface area contributed by atoms with Crippen molar-refractivity contribution in [2.45, 2.75) is 32.3 Å². The number of piperidine rings is 1. The summed E-state index contributed by atoms with van der Waals surface area (Å²) >= 11 is 0. The molecule has 2 heterocycles. The second kappa shape index (κ2) is 6.23. The summed E-state index contributed by atoms with van der Waals surface area (Å²) in [6.45, 7) is 5.35. The number of carboxylic acid groups (broad SMARTS) is 1. The normalized spacial score (nSPS) is 21.3. The van der Waals surface area contributed by atoms with Gasteiger partial charge in [-0.15, -0.1) is 0 Å². The Balaban J connectivity index is 1.70. The van der Waals surface area contributed by atoms with Crippen molar-refractivity contribution in [2.75, 3.05) is 32.8 Å². The molecule has 0 aliphatic carbocycles. The van der Waals surface area contributed by atoms with Crippen LogP contribution in [-0.2, 0) is 9.53 Å². The Bertz CT molecular complexity index is 334. The molecule has 6 heteroatoms. The number of hydrogen-bond acceptors (Lipinski definition) is 3. The Morgan fingerprint density at radius 3 is 2.37 bits per heavy atom. The minimum atomic E-state index is -0.783. The largest absolute Gasteiger partial charge is 0.481 e. The van der Waals surface area contributed by atoms with Gasteiger partial charge in [0.25, 0.3) is 0 Å². The molecule has 0 aromatic heterocycles. The van der Waals surface area contributed by atoms with E-state index in [1.54, 1.807) is 4.90 Å². The molecule has 0 spiro atoms. The van der Waals surface area contributed by atoms with E-state index in [1.807, 2.05) is 11.8 Å². The van der Waals surface area contributed by atoms with Gasteiger partial charge in [-0.25, -0.2) is 4.79 Å². The van der Waals surface area contributed by atoms with Crippen molar-refractivity contribution >= 4 is 12.0 Å². The fourth-order valence-corrected chi connectivity index (χ4v) is 2.75. The maximum absolute atomic E-state index is 12.1. The van der Waals surface area contributed by atoms with Crippen LogP contribution in [0, 0.1) is 5.92 Å². The first kappa shape index (κ1) is 14.1. The van der Waals surface area contributed by atoms with Crippen molar-refractivity contribution < 1.29 is 19.4 Å². The number of aliphatic carboxylic acids is 1. The molecule has 0 atom stereocenters. The molecule has 2 saturated heterocycles. The van der Waals surface area contributed by atoms with Crippen LogP contribution in [0.15, 0.2) is 0 Å². The summed E-state index contributed by atoms with van der Waals surface area (Å²) in [6.07, 6.45) is 2.24. The van der Waals surface area contributed by atoms with Gasteiger partial charge in [-0.1, -0.05) is 0 Å². The van der Waals surface area contributed by atoms with Crippen molar-refractivity contribution in [3.8, 4) is 0 Å². The summed E-state index contributed by atoms with van der Waals surface area (Å²) in [6, 6.07) is 0.0524. The first-order valence-corrected chi connectivity index (χ1v) is 6.97. The lowest BCUT2D eigenvalue weighted by molar-refractivity contribution is -0.139. The Labute approximate surface area is 113 Å². The highest BCUT2D eigenvalue weighted by atomic mass is 16.5. The summed E-state index contributed by atoms with van der Waals surface area (Å²) < 4.78 is 5.56. The average molecular weight is 270 g/mol. The van der Waals surface area contributed by atoms with E-state index in [4.69, 9.17) is 9.84 Å². The fraction of sp³-hybridized carbons (Fsp3) is 0.846. The van der Waals surface area contributed by atoms with Gasteiger partial charge in [0.05, 0.1) is 12.5 Å². The third-order valence-electron chi connectivity index (χ3n) is 3.81. The van der Waals surface area contributed by atoms with E-state index in [1.165, 1.54) is 0 Å². The van der Waals surface area contributed by atoms with Gasteiger partial charge in [-0.3, -0.25) is 4.79 Å². The molecule has 0 aromatic carbocycles. The van der Waals surface area contributed by atoms with Crippen LogP contribution in [0.3, 0.4) is 0 Å². The number of nitrogens with zero attached hydrogens (tertiary/aromatic N) is 2. The van der Waals surface area contributed by atoms with Crippen LogP contribution in [0.4, 0.5) is 4.79 Å². The van der Waals surface area contributed by atoms with E-state index in [2.05, 4.69) is 0 Å². The van der Waals surface area contributed by atoms with E-state index in [0.29, 0.717) is 13.1 Å². The van der Waals surface area contributed by atoms with Crippen molar-refractivity contribution in [3.63, 3.8) is 0 Å². The van der Waals surface area contributed by atoms with E-state index in [0.717, 1.165) is 32.5 Å². The molecule has 1 N–H and O–H groups in total. The molecule has 19 heavy (non-hydrogen) atoms. The van der Waals surface area contributed by atoms with Crippen molar-refractivity contribution in [1.29, 1.82) is 0 Å².